The second-order valence-corrected chi connectivity index (χ2v) is 2.67. The van der Waals surface area contributed by atoms with E-state index in [9.17, 15) is 4.79 Å². The van der Waals surface area contributed by atoms with Crippen LogP contribution in [0.15, 0.2) is 23.8 Å². The molecule has 0 radical (unpaired) electrons. The number of Topliss-reactive ketones (excluding diaryl/α,β-unsaturated/α-hetero) is 1. The Morgan fingerprint density at radius 2 is 2.33 bits per heavy atom. The topological polar surface area (TPSA) is 17.1 Å². The van der Waals surface area contributed by atoms with E-state index in [0.29, 0.717) is 11.8 Å². The van der Waals surface area contributed by atoms with Crippen molar-refractivity contribution in [1.82, 2.24) is 0 Å². The van der Waals surface area contributed by atoms with Crippen LogP contribution in [0.25, 0.3) is 0 Å². The summed E-state index contributed by atoms with van der Waals surface area (Å²) in [6.07, 6.45) is 6.28. The van der Waals surface area contributed by atoms with Gasteiger partial charge >= 0.3 is 0 Å². The maximum absolute atomic E-state index is 10.7. The summed E-state index contributed by atoms with van der Waals surface area (Å²) in [4.78, 5) is 10.7. The van der Waals surface area contributed by atoms with Crippen molar-refractivity contribution in [3.05, 3.63) is 23.8 Å². The van der Waals surface area contributed by atoms with E-state index in [2.05, 4.69) is 12.2 Å². The largest absolute Gasteiger partial charge is 0.295 e. The van der Waals surface area contributed by atoms with Gasteiger partial charge in [0.2, 0.25) is 0 Å². The summed E-state index contributed by atoms with van der Waals surface area (Å²) in [6.45, 7) is 1.63. The summed E-state index contributed by atoms with van der Waals surface area (Å²) >= 11 is 0. The molecule has 0 heterocycles. The highest BCUT2D eigenvalue weighted by atomic mass is 16.1. The highest BCUT2D eigenvalue weighted by Crippen LogP contribution is 2.42. The maximum Gasteiger partial charge on any atom is 0.156 e. The molecule has 2 aliphatic carbocycles. The quantitative estimate of drug-likeness (QED) is 0.477. The number of hydrogen-bond donors (Lipinski definition) is 0. The lowest BCUT2D eigenvalue weighted by Crippen LogP contribution is -2.31. The van der Waals surface area contributed by atoms with Crippen LogP contribution >= 0.6 is 0 Å². The zero-order chi connectivity index (χ0) is 6.43. The molecule has 46 valence electrons. The van der Waals surface area contributed by atoms with Crippen molar-refractivity contribution in [2.45, 2.75) is 6.92 Å². The van der Waals surface area contributed by atoms with Gasteiger partial charge in [-0.1, -0.05) is 18.2 Å². The first-order chi connectivity index (χ1) is 4.29. The van der Waals surface area contributed by atoms with Crippen LogP contribution in [0.5, 0.6) is 0 Å². The van der Waals surface area contributed by atoms with E-state index >= 15 is 0 Å². The molecule has 0 amide bonds. The van der Waals surface area contributed by atoms with Crippen LogP contribution in [0.3, 0.4) is 0 Å². The Morgan fingerprint density at radius 1 is 1.56 bits per heavy atom. The molecular weight excluding hydrogens is 112 g/mol. The molecule has 1 heteroatoms. The normalized spacial score (nSPS) is 35.9. The zero-order valence-electron chi connectivity index (χ0n) is 5.29. The molecule has 0 fully saturated rings. The molecule has 0 saturated heterocycles. The van der Waals surface area contributed by atoms with E-state index in [-0.39, 0.29) is 5.78 Å². The zero-order valence-corrected chi connectivity index (χ0v) is 5.29. The fourth-order valence-electron chi connectivity index (χ4n) is 1.37. The molecule has 0 N–H and O–H groups in total. The monoisotopic (exact) mass is 120 g/mol. The Labute approximate surface area is 54.1 Å². The molecule has 9 heavy (non-hydrogen) atoms. The minimum atomic E-state index is 0.237. The Kier molecular flexibility index (Phi) is 0.747. The molecular formula is C8H8O. The average molecular weight is 120 g/mol. The van der Waals surface area contributed by atoms with Crippen LogP contribution in [0.2, 0.25) is 0 Å². The lowest BCUT2D eigenvalue weighted by atomic mass is 9.66. The molecule has 0 bridgehead atoms. The van der Waals surface area contributed by atoms with Gasteiger partial charge in [0, 0.05) is 11.8 Å². The molecule has 0 aromatic rings. The van der Waals surface area contributed by atoms with Gasteiger partial charge in [-0.15, -0.1) is 0 Å². The Morgan fingerprint density at radius 3 is 2.44 bits per heavy atom. The first-order valence-electron chi connectivity index (χ1n) is 3.20. The summed E-state index contributed by atoms with van der Waals surface area (Å²) in [7, 11) is 0. The van der Waals surface area contributed by atoms with E-state index in [1.165, 1.54) is 0 Å². The number of carbonyl (C=O) groups is 1. The van der Waals surface area contributed by atoms with Gasteiger partial charge in [0.1, 0.15) is 0 Å². The molecule has 0 spiro atoms. The van der Waals surface area contributed by atoms with Gasteiger partial charge in [-0.2, -0.15) is 0 Å². The van der Waals surface area contributed by atoms with Crippen LogP contribution in [-0.4, -0.2) is 5.78 Å². The molecule has 0 saturated carbocycles. The highest BCUT2D eigenvalue weighted by Gasteiger charge is 2.36. The van der Waals surface area contributed by atoms with Gasteiger partial charge in [0.25, 0.3) is 0 Å². The van der Waals surface area contributed by atoms with E-state index in [4.69, 9.17) is 0 Å². The van der Waals surface area contributed by atoms with E-state index in [1.54, 1.807) is 6.92 Å². The van der Waals surface area contributed by atoms with Crippen LogP contribution in [0.1, 0.15) is 6.92 Å². The Hall–Kier alpha value is -0.850. The van der Waals surface area contributed by atoms with E-state index < -0.39 is 0 Å². The third kappa shape index (κ3) is 0.467. The predicted octanol–water partition coefficient (Wildman–Crippen LogP) is 1.32. The SMILES string of the molecule is CC(=O)C1=CC2C=CC12. The summed E-state index contributed by atoms with van der Waals surface area (Å²) in [6, 6.07) is 0. The minimum Gasteiger partial charge on any atom is -0.295 e. The molecule has 0 aliphatic heterocycles. The van der Waals surface area contributed by atoms with Crippen molar-refractivity contribution in [2.75, 3.05) is 0 Å². The first kappa shape index (κ1) is 4.98. The number of rotatable bonds is 1. The van der Waals surface area contributed by atoms with Crippen LogP contribution < -0.4 is 0 Å². The lowest BCUT2D eigenvalue weighted by Gasteiger charge is -2.37. The number of ketones is 1. The molecule has 1 nitrogen and oxygen atoms in total. The Balaban J connectivity index is 2.21. The second kappa shape index (κ2) is 1.35. The van der Waals surface area contributed by atoms with Gasteiger partial charge in [-0.25, -0.2) is 0 Å². The third-order valence-corrected chi connectivity index (χ3v) is 2.09. The van der Waals surface area contributed by atoms with E-state index in [1.807, 2.05) is 6.08 Å². The van der Waals surface area contributed by atoms with Gasteiger partial charge < -0.3 is 0 Å². The van der Waals surface area contributed by atoms with Crippen molar-refractivity contribution >= 4 is 5.78 Å². The fourth-order valence-corrected chi connectivity index (χ4v) is 1.37. The van der Waals surface area contributed by atoms with Crippen molar-refractivity contribution < 1.29 is 4.79 Å². The fraction of sp³-hybridized carbons (Fsp3) is 0.375. The maximum atomic E-state index is 10.7. The summed E-state index contributed by atoms with van der Waals surface area (Å²) in [5, 5.41) is 0. The molecule has 2 rings (SSSR count). The molecule has 2 atom stereocenters. The second-order valence-electron chi connectivity index (χ2n) is 2.67. The Bertz CT molecular complexity index is 223. The number of fused-ring (bicyclic) bond motifs is 1. The predicted molar refractivity (Wildman–Crippen MR) is 34.9 cm³/mol. The summed E-state index contributed by atoms with van der Waals surface area (Å²) in [5.41, 5.74) is 1.02. The van der Waals surface area contributed by atoms with Crippen molar-refractivity contribution in [3.8, 4) is 0 Å². The summed E-state index contributed by atoms with van der Waals surface area (Å²) in [5.74, 6) is 1.35. The molecule has 2 unspecified atom stereocenters. The van der Waals surface area contributed by atoms with Crippen molar-refractivity contribution in [2.24, 2.45) is 11.8 Å². The van der Waals surface area contributed by atoms with Gasteiger partial charge in [-0.05, 0) is 12.5 Å². The minimum absolute atomic E-state index is 0.237. The van der Waals surface area contributed by atoms with Crippen LogP contribution in [0.4, 0.5) is 0 Å². The molecule has 2 aliphatic rings. The first-order valence-corrected chi connectivity index (χ1v) is 3.20. The summed E-state index contributed by atoms with van der Waals surface area (Å²) < 4.78 is 0. The lowest BCUT2D eigenvalue weighted by molar-refractivity contribution is -0.114. The molecule has 0 aromatic carbocycles. The number of carbonyl (C=O) groups excluding carboxylic acids is 1. The van der Waals surface area contributed by atoms with Crippen LogP contribution in [0, 0.1) is 11.8 Å². The third-order valence-electron chi connectivity index (χ3n) is 2.09. The standard InChI is InChI=1S/C8H8O/c1-5(9)8-4-6-2-3-7(6)8/h2-4,6-7H,1H3. The number of hydrogen-bond acceptors (Lipinski definition) is 1. The average Bonchev–Trinajstić information content (AvgIpc) is 1.76. The van der Waals surface area contributed by atoms with Crippen molar-refractivity contribution in [3.63, 3.8) is 0 Å². The van der Waals surface area contributed by atoms with Gasteiger partial charge in [0.05, 0.1) is 0 Å². The number of allylic oxidation sites excluding steroid dienone is 4. The van der Waals surface area contributed by atoms with Crippen molar-refractivity contribution in [1.29, 1.82) is 0 Å². The smallest absolute Gasteiger partial charge is 0.156 e. The van der Waals surface area contributed by atoms with E-state index in [0.717, 1.165) is 5.57 Å². The highest BCUT2D eigenvalue weighted by molar-refractivity contribution is 5.96. The van der Waals surface area contributed by atoms with Gasteiger partial charge in [0.15, 0.2) is 5.78 Å². The van der Waals surface area contributed by atoms with Gasteiger partial charge in [-0.3, -0.25) is 4.79 Å². The van der Waals surface area contributed by atoms with Crippen LogP contribution in [-0.2, 0) is 4.79 Å². The molecule has 0 aromatic heterocycles.